The van der Waals surface area contributed by atoms with Crippen molar-refractivity contribution >= 4 is 35.2 Å². The number of hydrogen-bond acceptors (Lipinski definition) is 5. The lowest BCUT2D eigenvalue weighted by Gasteiger charge is -2.34. The second kappa shape index (κ2) is 9.68. The Balaban J connectivity index is 1.74. The molecule has 4 amide bonds. The standard InChI is InChI=1S/C34H36N2O5/c1-21-13-12-14-22(19-21)34(24-16-9-11-18-27(24)36(30(34)39)31(40)41-33(5,6)7)25-20-28(37)35(29(25)38)26-17-10-8-15-23(26)32(2,3)4/h8-19,25H,20H2,1-7H3/t25-,34-/m1/s1. The van der Waals surface area contributed by atoms with Crippen LogP contribution in [0.3, 0.4) is 0 Å². The molecule has 41 heavy (non-hydrogen) atoms. The minimum Gasteiger partial charge on any atom is -0.443 e. The van der Waals surface area contributed by atoms with Crippen LogP contribution in [0.4, 0.5) is 16.2 Å². The molecule has 212 valence electrons. The molecule has 5 rings (SSSR count). The highest BCUT2D eigenvalue weighted by Gasteiger charge is 2.64. The van der Waals surface area contributed by atoms with Crippen LogP contribution in [0.1, 0.15) is 70.2 Å². The van der Waals surface area contributed by atoms with Crippen LogP contribution < -0.4 is 9.80 Å². The van der Waals surface area contributed by atoms with Crippen LogP contribution in [0.15, 0.2) is 72.8 Å². The third-order valence-corrected chi connectivity index (χ3v) is 7.78. The summed E-state index contributed by atoms with van der Waals surface area (Å²) in [6, 6.07) is 21.7. The molecule has 3 aromatic carbocycles. The quantitative estimate of drug-likeness (QED) is 0.349. The van der Waals surface area contributed by atoms with Gasteiger partial charge < -0.3 is 4.74 Å². The van der Waals surface area contributed by atoms with Crippen LogP contribution in [0, 0.1) is 12.8 Å². The highest BCUT2D eigenvalue weighted by atomic mass is 16.6. The van der Waals surface area contributed by atoms with Crippen LogP contribution in [0.25, 0.3) is 0 Å². The average Bonchev–Trinajstić information content (AvgIpc) is 3.32. The van der Waals surface area contributed by atoms with Crippen molar-refractivity contribution in [3.63, 3.8) is 0 Å². The SMILES string of the molecule is Cc1cccc([C@@]2([C@@H]3CC(=O)N(c4ccccc4C(C)(C)C)C3=O)C(=O)N(C(=O)OC(C)(C)C)c3ccccc32)c1. The van der Waals surface area contributed by atoms with Gasteiger partial charge in [0.1, 0.15) is 11.0 Å². The maximum Gasteiger partial charge on any atom is 0.421 e. The number of amides is 4. The van der Waals surface area contributed by atoms with Crippen LogP contribution in [-0.4, -0.2) is 29.4 Å². The number of carbonyl (C=O) groups is 4. The Kier molecular flexibility index (Phi) is 6.68. The molecule has 0 aliphatic carbocycles. The largest absolute Gasteiger partial charge is 0.443 e. The molecule has 0 unspecified atom stereocenters. The van der Waals surface area contributed by atoms with E-state index in [1.165, 1.54) is 4.90 Å². The van der Waals surface area contributed by atoms with E-state index in [1.807, 2.05) is 58.0 Å². The number of carbonyl (C=O) groups excluding carboxylic acids is 4. The molecule has 1 fully saturated rings. The van der Waals surface area contributed by atoms with Crippen molar-refractivity contribution in [3.8, 4) is 0 Å². The minimum atomic E-state index is -1.61. The van der Waals surface area contributed by atoms with E-state index in [-0.39, 0.29) is 17.7 Å². The van der Waals surface area contributed by atoms with Crippen molar-refractivity contribution in [2.24, 2.45) is 5.92 Å². The van der Waals surface area contributed by atoms with Gasteiger partial charge >= 0.3 is 6.09 Å². The Morgan fingerprint density at radius 1 is 0.854 bits per heavy atom. The second-order valence-corrected chi connectivity index (χ2v) is 12.9. The molecule has 0 saturated carbocycles. The summed E-state index contributed by atoms with van der Waals surface area (Å²) < 4.78 is 5.66. The van der Waals surface area contributed by atoms with Crippen molar-refractivity contribution in [1.29, 1.82) is 0 Å². The molecule has 0 radical (unpaired) electrons. The lowest BCUT2D eigenvalue weighted by molar-refractivity contribution is -0.130. The summed E-state index contributed by atoms with van der Waals surface area (Å²) in [4.78, 5) is 58.9. The van der Waals surface area contributed by atoms with Gasteiger partial charge in [0.15, 0.2) is 0 Å². The second-order valence-electron chi connectivity index (χ2n) is 12.9. The summed E-state index contributed by atoms with van der Waals surface area (Å²) in [5, 5.41) is 0. The summed E-state index contributed by atoms with van der Waals surface area (Å²) in [5.74, 6) is -2.53. The van der Waals surface area contributed by atoms with E-state index in [0.29, 0.717) is 22.5 Å². The Labute approximate surface area is 241 Å². The van der Waals surface area contributed by atoms with E-state index in [2.05, 4.69) is 0 Å². The van der Waals surface area contributed by atoms with Crippen molar-refractivity contribution in [2.75, 3.05) is 9.80 Å². The number of benzene rings is 3. The fraction of sp³-hybridized carbons (Fsp3) is 0.353. The zero-order chi connectivity index (χ0) is 29.9. The molecule has 0 N–H and O–H groups in total. The first-order valence-corrected chi connectivity index (χ1v) is 13.9. The Bertz CT molecular complexity index is 1580. The van der Waals surface area contributed by atoms with E-state index < -0.39 is 34.8 Å². The molecule has 0 bridgehead atoms. The number of nitrogens with zero attached hydrogens (tertiary/aromatic N) is 2. The maximum absolute atomic E-state index is 14.8. The monoisotopic (exact) mass is 552 g/mol. The van der Waals surface area contributed by atoms with Gasteiger partial charge in [0.05, 0.1) is 17.3 Å². The van der Waals surface area contributed by atoms with Crippen molar-refractivity contribution in [3.05, 3.63) is 95.1 Å². The number of rotatable bonds is 3. The van der Waals surface area contributed by atoms with Gasteiger partial charge in [0, 0.05) is 6.42 Å². The number of hydrogen-bond donors (Lipinski definition) is 0. The van der Waals surface area contributed by atoms with E-state index in [9.17, 15) is 19.2 Å². The lowest BCUT2D eigenvalue weighted by atomic mass is 9.65. The summed E-state index contributed by atoms with van der Waals surface area (Å²) >= 11 is 0. The van der Waals surface area contributed by atoms with E-state index in [1.54, 1.807) is 63.2 Å². The van der Waals surface area contributed by atoms with Gasteiger partial charge in [0.2, 0.25) is 11.8 Å². The van der Waals surface area contributed by atoms with E-state index in [4.69, 9.17) is 4.74 Å². The Morgan fingerprint density at radius 2 is 1.49 bits per heavy atom. The van der Waals surface area contributed by atoms with Crippen molar-refractivity contribution < 1.29 is 23.9 Å². The predicted octanol–water partition coefficient (Wildman–Crippen LogP) is 6.44. The van der Waals surface area contributed by atoms with E-state index in [0.717, 1.165) is 16.0 Å². The van der Waals surface area contributed by atoms with E-state index >= 15 is 0 Å². The normalized spacial score (nSPS) is 21.0. The fourth-order valence-electron chi connectivity index (χ4n) is 6.13. The molecule has 2 heterocycles. The third kappa shape index (κ3) is 4.53. The predicted molar refractivity (Wildman–Crippen MR) is 158 cm³/mol. The number of fused-ring (bicyclic) bond motifs is 1. The van der Waals surface area contributed by atoms with Crippen LogP contribution in [-0.2, 0) is 30.0 Å². The van der Waals surface area contributed by atoms with Crippen LogP contribution in [0.2, 0.25) is 0 Å². The summed E-state index contributed by atoms with van der Waals surface area (Å²) in [5.41, 5.74) is 0.839. The van der Waals surface area contributed by atoms with Gasteiger partial charge in [-0.3, -0.25) is 14.4 Å². The van der Waals surface area contributed by atoms with Crippen molar-refractivity contribution in [2.45, 2.75) is 71.3 Å². The van der Waals surface area contributed by atoms with Gasteiger partial charge in [-0.2, -0.15) is 0 Å². The molecule has 2 aliphatic heterocycles. The number of aryl methyl sites for hydroxylation is 1. The minimum absolute atomic E-state index is 0.187. The number of anilines is 2. The molecule has 0 spiro atoms. The highest BCUT2D eigenvalue weighted by molar-refractivity contribution is 6.28. The average molecular weight is 553 g/mol. The zero-order valence-electron chi connectivity index (χ0n) is 24.6. The summed E-state index contributed by atoms with van der Waals surface area (Å²) in [7, 11) is 0. The molecule has 2 aliphatic rings. The summed E-state index contributed by atoms with van der Waals surface area (Å²) in [6.07, 6.45) is -1.01. The molecule has 0 aromatic heterocycles. The first kappa shape index (κ1) is 28.3. The Morgan fingerprint density at radius 3 is 2.12 bits per heavy atom. The van der Waals surface area contributed by atoms with Crippen LogP contribution >= 0.6 is 0 Å². The highest BCUT2D eigenvalue weighted by Crippen LogP contribution is 2.54. The fourth-order valence-corrected chi connectivity index (χ4v) is 6.13. The molecule has 7 heteroatoms. The number of imide groups is 2. The molecule has 2 atom stereocenters. The van der Waals surface area contributed by atoms with Gasteiger partial charge in [-0.15, -0.1) is 0 Å². The third-order valence-electron chi connectivity index (χ3n) is 7.78. The summed E-state index contributed by atoms with van der Waals surface area (Å²) in [6.45, 7) is 13.2. The smallest absolute Gasteiger partial charge is 0.421 e. The topological polar surface area (TPSA) is 84.0 Å². The lowest BCUT2D eigenvalue weighted by Crippen LogP contribution is -2.51. The van der Waals surface area contributed by atoms with Crippen LogP contribution in [0.5, 0.6) is 0 Å². The molecule has 1 saturated heterocycles. The molecule has 7 nitrogen and oxygen atoms in total. The first-order valence-electron chi connectivity index (χ1n) is 13.9. The maximum atomic E-state index is 14.8. The van der Waals surface area contributed by atoms with Gasteiger partial charge in [-0.1, -0.05) is 87.0 Å². The van der Waals surface area contributed by atoms with Gasteiger partial charge in [0.25, 0.3) is 5.91 Å². The van der Waals surface area contributed by atoms with Gasteiger partial charge in [-0.05, 0) is 61.9 Å². The number of para-hydroxylation sites is 2. The Hall–Kier alpha value is -4.26. The number of ether oxygens (including phenoxy) is 1. The van der Waals surface area contributed by atoms with Gasteiger partial charge in [-0.25, -0.2) is 14.6 Å². The molecular weight excluding hydrogens is 516 g/mol. The first-order chi connectivity index (χ1) is 19.2. The molecule has 3 aromatic rings. The zero-order valence-corrected chi connectivity index (χ0v) is 24.6. The van der Waals surface area contributed by atoms with Crippen molar-refractivity contribution in [1.82, 2.24) is 0 Å². The molecular formula is C34H36N2O5.